The van der Waals surface area contributed by atoms with Gasteiger partial charge in [0.2, 0.25) is 5.91 Å². The average molecular weight is 560 g/mol. The number of likely N-dealkylation sites (tertiary alicyclic amines) is 1. The van der Waals surface area contributed by atoms with E-state index in [1.165, 1.54) is 11.6 Å². The molecule has 1 aliphatic rings. The number of pyridine rings is 1. The van der Waals surface area contributed by atoms with E-state index in [2.05, 4.69) is 58.2 Å². The Morgan fingerprint density at radius 3 is 2.48 bits per heavy atom. The zero-order chi connectivity index (χ0) is 29.1. The molecule has 42 heavy (non-hydrogen) atoms. The summed E-state index contributed by atoms with van der Waals surface area (Å²) in [4.78, 5) is 34.7. The molecule has 1 amide bonds. The molecule has 0 spiro atoms. The highest BCUT2D eigenvalue weighted by Crippen LogP contribution is 2.32. The van der Waals surface area contributed by atoms with Crippen molar-refractivity contribution < 1.29 is 9.90 Å². The maximum atomic E-state index is 12.9. The van der Waals surface area contributed by atoms with E-state index in [0.717, 1.165) is 71.5 Å². The summed E-state index contributed by atoms with van der Waals surface area (Å²) in [6.45, 7) is 6.03. The number of aromatic amines is 1. The summed E-state index contributed by atoms with van der Waals surface area (Å²) >= 11 is 0. The molecule has 1 aliphatic heterocycles. The second-order valence-corrected chi connectivity index (χ2v) is 10.7. The molecule has 0 radical (unpaired) electrons. The Morgan fingerprint density at radius 2 is 1.76 bits per heavy atom. The fraction of sp³-hybridized carbons (Fsp3) is 0.206. The van der Waals surface area contributed by atoms with Crippen molar-refractivity contribution in [3.63, 3.8) is 0 Å². The van der Waals surface area contributed by atoms with Gasteiger partial charge in [0.15, 0.2) is 0 Å². The van der Waals surface area contributed by atoms with E-state index in [9.17, 15) is 14.7 Å². The van der Waals surface area contributed by atoms with Gasteiger partial charge in [-0.2, -0.15) is 0 Å². The highest BCUT2D eigenvalue weighted by atomic mass is 16.3. The van der Waals surface area contributed by atoms with Gasteiger partial charge in [0, 0.05) is 48.7 Å². The minimum Gasteiger partial charge on any atom is -0.392 e. The summed E-state index contributed by atoms with van der Waals surface area (Å²) in [7, 11) is 0. The summed E-state index contributed by atoms with van der Waals surface area (Å²) < 4.78 is 1.84. The number of aliphatic hydroxyl groups excluding tert-OH is 1. The van der Waals surface area contributed by atoms with Crippen molar-refractivity contribution in [2.45, 2.75) is 32.0 Å². The topological polar surface area (TPSA) is 103 Å². The van der Waals surface area contributed by atoms with Gasteiger partial charge in [-0.05, 0) is 59.9 Å². The van der Waals surface area contributed by atoms with Crippen molar-refractivity contribution in [2.75, 3.05) is 18.4 Å². The number of amides is 1. The van der Waals surface area contributed by atoms with Gasteiger partial charge in [-0.3, -0.25) is 19.2 Å². The number of hydrogen-bond donors (Lipinski definition) is 3. The summed E-state index contributed by atoms with van der Waals surface area (Å²) in [5.41, 5.74) is 8.06. The number of piperidine rings is 1. The first-order valence-electron chi connectivity index (χ1n) is 14.2. The molecular weight excluding hydrogens is 526 g/mol. The zero-order valence-electron chi connectivity index (χ0n) is 23.3. The van der Waals surface area contributed by atoms with Crippen molar-refractivity contribution in [3.8, 4) is 22.4 Å². The van der Waals surface area contributed by atoms with Gasteiger partial charge in [0.1, 0.15) is 0 Å². The third kappa shape index (κ3) is 5.68. The first-order chi connectivity index (χ1) is 20.5. The molecule has 212 valence electrons. The molecule has 8 nitrogen and oxygen atoms in total. The standard InChI is InChI=1S/C34H33N5O3/c1-2-32(41)36-27-12-13-30-31(19-27)39(34(42)37-30)28-14-16-38(17-15-28)21-23-8-10-26(11-9-23)33-29(18-24(22-40)20-35-33)25-6-4-3-5-7-25/h2-13,18-20,28,40H,1,14-17,21-22H2,(H,36,41)(H,37,42). The third-order valence-electron chi connectivity index (χ3n) is 7.94. The van der Waals surface area contributed by atoms with Crippen molar-refractivity contribution in [2.24, 2.45) is 0 Å². The van der Waals surface area contributed by atoms with Crippen molar-refractivity contribution >= 4 is 22.6 Å². The number of H-pyrrole nitrogens is 1. The molecule has 3 aromatic carbocycles. The van der Waals surface area contributed by atoms with E-state index in [-0.39, 0.29) is 24.2 Å². The van der Waals surface area contributed by atoms with Gasteiger partial charge in [-0.15, -0.1) is 0 Å². The van der Waals surface area contributed by atoms with E-state index in [1.807, 2.05) is 41.0 Å². The Bertz CT molecular complexity index is 1780. The molecule has 0 atom stereocenters. The number of hydrogen-bond acceptors (Lipinski definition) is 5. The number of carbonyl (C=O) groups is 1. The van der Waals surface area contributed by atoms with E-state index in [1.54, 1.807) is 12.3 Å². The molecular formula is C34H33N5O3. The lowest BCUT2D eigenvalue weighted by molar-refractivity contribution is -0.111. The van der Waals surface area contributed by atoms with Crippen LogP contribution in [0.1, 0.15) is 30.0 Å². The number of nitrogens with one attached hydrogen (secondary N) is 2. The largest absolute Gasteiger partial charge is 0.392 e. The number of rotatable bonds is 8. The van der Waals surface area contributed by atoms with Crippen LogP contribution in [0.2, 0.25) is 0 Å². The lowest BCUT2D eigenvalue weighted by atomic mass is 9.97. The molecule has 3 heterocycles. The second-order valence-electron chi connectivity index (χ2n) is 10.7. The van der Waals surface area contributed by atoms with Crippen LogP contribution in [0.4, 0.5) is 5.69 Å². The normalized spacial score (nSPS) is 14.2. The van der Waals surface area contributed by atoms with Crippen molar-refractivity contribution in [1.29, 1.82) is 0 Å². The van der Waals surface area contributed by atoms with E-state index in [4.69, 9.17) is 4.98 Å². The first kappa shape index (κ1) is 27.4. The lowest BCUT2D eigenvalue weighted by Gasteiger charge is -2.32. The van der Waals surface area contributed by atoms with E-state index < -0.39 is 0 Å². The summed E-state index contributed by atoms with van der Waals surface area (Å²) in [5.74, 6) is -0.285. The fourth-order valence-corrected chi connectivity index (χ4v) is 5.78. The van der Waals surface area contributed by atoms with Gasteiger partial charge in [0.05, 0.1) is 23.3 Å². The molecule has 0 unspecified atom stereocenters. The molecule has 3 N–H and O–H groups in total. The van der Waals surface area contributed by atoms with Crippen LogP contribution in [0, 0.1) is 0 Å². The van der Waals surface area contributed by atoms with Crippen LogP contribution in [0.3, 0.4) is 0 Å². The van der Waals surface area contributed by atoms with E-state index >= 15 is 0 Å². The molecule has 0 bridgehead atoms. The first-order valence-corrected chi connectivity index (χ1v) is 14.2. The fourth-order valence-electron chi connectivity index (χ4n) is 5.78. The van der Waals surface area contributed by atoms with Gasteiger partial charge in [0.25, 0.3) is 0 Å². The molecule has 1 saturated heterocycles. The summed E-state index contributed by atoms with van der Waals surface area (Å²) in [6.07, 6.45) is 4.67. The van der Waals surface area contributed by atoms with Crippen LogP contribution in [-0.2, 0) is 17.9 Å². The highest BCUT2D eigenvalue weighted by Gasteiger charge is 2.24. The molecule has 1 fully saturated rings. The number of benzene rings is 3. The molecule has 6 rings (SSSR count). The molecule has 0 saturated carbocycles. The Labute approximate surface area is 244 Å². The lowest BCUT2D eigenvalue weighted by Crippen LogP contribution is -2.36. The number of nitrogens with zero attached hydrogens (tertiary/aromatic N) is 3. The van der Waals surface area contributed by atoms with Crippen LogP contribution >= 0.6 is 0 Å². The molecule has 0 aliphatic carbocycles. The van der Waals surface area contributed by atoms with Crippen LogP contribution in [0.15, 0.2) is 103 Å². The third-order valence-corrected chi connectivity index (χ3v) is 7.94. The molecule has 2 aromatic heterocycles. The minimum atomic E-state index is -0.285. The number of aromatic nitrogens is 3. The van der Waals surface area contributed by atoms with E-state index in [0.29, 0.717) is 5.69 Å². The Morgan fingerprint density at radius 1 is 1.00 bits per heavy atom. The zero-order valence-corrected chi connectivity index (χ0v) is 23.3. The van der Waals surface area contributed by atoms with Crippen molar-refractivity contribution in [3.05, 3.63) is 119 Å². The minimum absolute atomic E-state index is 0.0489. The Hall–Kier alpha value is -4.79. The average Bonchev–Trinajstić information content (AvgIpc) is 3.36. The van der Waals surface area contributed by atoms with Gasteiger partial charge >= 0.3 is 5.69 Å². The van der Waals surface area contributed by atoms with Crippen LogP contribution in [0.25, 0.3) is 33.4 Å². The van der Waals surface area contributed by atoms with Gasteiger partial charge in [-0.1, -0.05) is 61.2 Å². The smallest absolute Gasteiger partial charge is 0.326 e. The Kier molecular flexibility index (Phi) is 7.81. The number of anilines is 1. The molecule has 5 aromatic rings. The number of carbonyl (C=O) groups excluding carboxylic acids is 1. The van der Waals surface area contributed by atoms with Crippen molar-refractivity contribution in [1.82, 2.24) is 19.4 Å². The maximum Gasteiger partial charge on any atom is 0.326 e. The summed E-state index contributed by atoms with van der Waals surface area (Å²) in [5, 5.41) is 12.4. The number of imidazole rings is 1. The maximum absolute atomic E-state index is 12.9. The molecule has 8 heteroatoms. The number of fused-ring (bicyclic) bond motifs is 1. The predicted molar refractivity (Wildman–Crippen MR) is 166 cm³/mol. The van der Waals surface area contributed by atoms with Gasteiger partial charge in [-0.25, -0.2) is 4.79 Å². The quantitative estimate of drug-likeness (QED) is 0.218. The van der Waals surface area contributed by atoms with Gasteiger partial charge < -0.3 is 15.4 Å². The number of aliphatic hydroxyl groups is 1. The predicted octanol–water partition coefficient (Wildman–Crippen LogP) is 5.51. The SMILES string of the molecule is C=CC(=O)Nc1ccc2[nH]c(=O)n(C3CCN(Cc4ccc(-c5ncc(CO)cc5-c5ccccc5)cc4)CC3)c2c1. The monoisotopic (exact) mass is 559 g/mol. The van der Waals surface area contributed by atoms with Crippen LogP contribution in [-0.4, -0.2) is 43.5 Å². The summed E-state index contributed by atoms with van der Waals surface area (Å²) in [6, 6.07) is 26.2. The van der Waals surface area contributed by atoms with Crippen LogP contribution in [0.5, 0.6) is 0 Å². The second kappa shape index (κ2) is 12.0. The highest BCUT2D eigenvalue weighted by molar-refractivity contribution is 6.00. The Balaban J connectivity index is 1.14. The van der Waals surface area contributed by atoms with Crippen LogP contribution < -0.4 is 11.0 Å².